The SMILES string of the molecule is CCOC(C)(C)Cn1nnnc1-c1cc(N)c(C)cc1C. The number of hydrogen-bond donors (Lipinski definition) is 1. The van der Waals surface area contributed by atoms with Crippen LogP contribution in [0.15, 0.2) is 12.1 Å². The minimum atomic E-state index is -0.330. The Bertz CT molecular complexity index is 633. The highest BCUT2D eigenvalue weighted by molar-refractivity contribution is 5.67. The number of nitrogens with two attached hydrogens (primary N) is 1. The van der Waals surface area contributed by atoms with E-state index in [0.717, 1.165) is 22.4 Å². The van der Waals surface area contributed by atoms with E-state index in [0.29, 0.717) is 19.0 Å². The monoisotopic (exact) mass is 289 g/mol. The fourth-order valence-electron chi connectivity index (χ4n) is 2.41. The standard InChI is InChI=1S/C15H23N5O/c1-6-21-15(4,5)9-20-14(17-18-19-20)12-8-13(16)11(3)7-10(12)2/h7-8H,6,9,16H2,1-5H3. The fourth-order valence-corrected chi connectivity index (χ4v) is 2.41. The second-order valence-corrected chi connectivity index (χ2v) is 5.88. The van der Waals surface area contributed by atoms with Crippen LogP contribution in [-0.2, 0) is 11.3 Å². The molecule has 0 atom stereocenters. The van der Waals surface area contributed by atoms with E-state index in [-0.39, 0.29) is 5.60 Å². The van der Waals surface area contributed by atoms with E-state index in [4.69, 9.17) is 10.5 Å². The summed E-state index contributed by atoms with van der Waals surface area (Å²) < 4.78 is 7.50. The van der Waals surface area contributed by atoms with Gasteiger partial charge in [-0.3, -0.25) is 0 Å². The van der Waals surface area contributed by atoms with E-state index in [1.165, 1.54) is 0 Å². The van der Waals surface area contributed by atoms with Crippen molar-refractivity contribution in [2.45, 2.75) is 46.8 Å². The van der Waals surface area contributed by atoms with Crippen molar-refractivity contribution in [2.75, 3.05) is 12.3 Å². The van der Waals surface area contributed by atoms with Crippen molar-refractivity contribution in [1.29, 1.82) is 0 Å². The van der Waals surface area contributed by atoms with E-state index in [9.17, 15) is 0 Å². The van der Waals surface area contributed by atoms with Crippen molar-refractivity contribution >= 4 is 5.69 Å². The largest absolute Gasteiger partial charge is 0.398 e. The summed E-state index contributed by atoms with van der Waals surface area (Å²) in [4.78, 5) is 0. The zero-order chi connectivity index (χ0) is 15.6. The molecule has 0 saturated carbocycles. The van der Waals surface area contributed by atoms with Gasteiger partial charge in [0.15, 0.2) is 5.82 Å². The molecule has 2 rings (SSSR count). The second-order valence-electron chi connectivity index (χ2n) is 5.88. The molecule has 1 heterocycles. The Kier molecular flexibility index (Phi) is 4.27. The Morgan fingerprint density at radius 2 is 1.95 bits per heavy atom. The number of nitrogens with zero attached hydrogens (tertiary/aromatic N) is 4. The Hall–Kier alpha value is -1.95. The molecule has 6 heteroatoms. The fraction of sp³-hybridized carbons (Fsp3) is 0.533. The number of benzene rings is 1. The van der Waals surface area contributed by atoms with Crippen LogP contribution in [0.2, 0.25) is 0 Å². The third-order valence-corrected chi connectivity index (χ3v) is 3.45. The maximum atomic E-state index is 6.02. The third-order valence-electron chi connectivity index (χ3n) is 3.45. The summed E-state index contributed by atoms with van der Waals surface area (Å²) in [5.41, 5.74) is 9.55. The summed E-state index contributed by atoms with van der Waals surface area (Å²) in [6.45, 7) is 11.3. The highest BCUT2D eigenvalue weighted by Gasteiger charge is 2.22. The number of rotatable bonds is 5. The number of anilines is 1. The topological polar surface area (TPSA) is 78.8 Å². The molecule has 0 aliphatic heterocycles. The smallest absolute Gasteiger partial charge is 0.182 e. The normalized spacial score (nSPS) is 11.9. The molecule has 0 spiro atoms. The highest BCUT2D eigenvalue weighted by atomic mass is 16.5. The molecule has 0 unspecified atom stereocenters. The molecule has 0 aliphatic rings. The van der Waals surface area contributed by atoms with Crippen molar-refractivity contribution in [3.63, 3.8) is 0 Å². The van der Waals surface area contributed by atoms with Crippen LogP contribution in [0, 0.1) is 13.8 Å². The molecular formula is C15H23N5O. The Balaban J connectivity index is 2.39. The zero-order valence-electron chi connectivity index (χ0n) is 13.3. The van der Waals surface area contributed by atoms with Crippen LogP contribution in [-0.4, -0.2) is 32.4 Å². The maximum Gasteiger partial charge on any atom is 0.182 e. The van der Waals surface area contributed by atoms with Gasteiger partial charge in [-0.15, -0.1) is 5.10 Å². The predicted molar refractivity (Wildman–Crippen MR) is 82.8 cm³/mol. The molecule has 1 aromatic heterocycles. The van der Waals surface area contributed by atoms with Crippen LogP contribution in [0.3, 0.4) is 0 Å². The first kappa shape index (κ1) is 15.4. The predicted octanol–water partition coefficient (Wildman–Crippen LogP) is 2.35. The first-order valence-electron chi connectivity index (χ1n) is 7.11. The molecule has 0 bridgehead atoms. The van der Waals surface area contributed by atoms with Crippen LogP contribution in [0.25, 0.3) is 11.4 Å². The Labute approximate surface area is 125 Å². The number of tetrazole rings is 1. The van der Waals surface area contributed by atoms with Gasteiger partial charge in [-0.05, 0) is 62.2 Å². The number of nitrogen functional groups attached to an aromatic ring is 1. The lowest BCUT2D eigenvalue weighted by atomic mass is 10.0. The summed E-state index contributed by atoms with van der Waals surface area (Å²) in [5.74, 6) is 0.715. The van der Waals surface area contributed by atoms with E-state index in [1.54, 1.807) is 4.68 Å². The number of hydrogen-bond acceptors (Lipinski definition) is 5. The van der Waals surface area contributed by atoms with Gasteiger partial charge in [0, 0.05) is 17.9 Å². The average Bonchev–Trinajstić information content (AvgIpc) is 2.80. The van der Waals surface area contributed by atoms with Gasteiger partial charge in [0.05, 0.1) is 12.1 Å². The number of ether oxygens (including phenoxy) is 1. The van der Waals surface area contributed by atoms with Gasteiger partial charge in [-0.25, -0.2) is 4.68 Å². The molecule has 1 aromatic carbocycles. The first-order valence-corrected chi connectivity index (χ1v) is 7.11. The molecule has 0 saturated heterocycles. The van der Waals surface area contributed by atoms with Crippen molar-refractivity contribution in [3.05, 3.63) is 23.3 Å². The second kappa shape index (κ2) is 5.81. The van der Waals surface area contributed by atoms with Gasteiger partial charge >= 0.3 is 0 Å². The van der Waals surface area contributed by atoms with Crippen molar-refractivity contribution in [2.24, 2.45) is 0 Å². The van der Waals surface area contributed by atoms with Crippen LogP contribution in [0.1, 0.15) is 31.9 Å². The number of aromatic nitrogens is 4. The van der Waals surface area contributed by atoms with E-state index >= 15 is 0 Å². The minimum absolute atomic E-state index is 0.330. The Morgan fingerprint density at radius 1 is 1.24 bits per heavy atom. The quantitative estimate of drug-likeness (QED) is 0.855. The molecule has 0 amide bonds. The summed E-state index contributed by atoms with van der Waals surface area (Å²) in [6, 6.07) is 3.98. The number of aryl methyl sites for hydroxylation is 2. The van der Waals surface area contributed by atoms with Crippen LogP contribution >= 0.6 is 0 Å². The van der Waals surface area contributed by atoms with Gasteiger partial charge < -0.3 is 10.5 Å². The van der Waals surface area contributed by atoms with Crippen molar-refractivity contribution in [3.8, 4) is 11.4 Å². The van der Waals surface area contributed by atoms with E-state index < -0.39 is 0 Å². The lowest BCUT2D eigenvalue weighted by Crippen LogP contribution is -2.31. The van der Waals surface area contributed by atoms with Gasteiger partial charge in [-0.1, -0.05) is 6.07 Å². The van der Waals surface area contributed by atoms with Crippen LogP contribution in [0.5, 0.6) is 0 Å². The molecule has 6 nitrogen and oxygen atoms in total. The van der Waals surface area contributed by atoms with E-state index in [1.807, 2.05) is 40.7 Å². The molecule has 0 radical (unpaired) electrons. The summed E-state index contributed by atoms with van der Waals surface area (Å²) in [6.07, 6.45) is 0. The van der Waals surface area contributed by atoms with Crippen molar-refractivity contribution in [1.82, 2.24) is 20.2 Å². The van der Waals surface area contributed by atoms with Gasteiger partial charge in [0.2, 0.25) is 0 Å². The van der Waals surface area contributed by atoms with Crippen molar-refractivity contribution < 1.29 is 4.74 Å². The molecule has 21 heavy (non-hydrogen) atoms. The average molecular weight is 289 g/mol. The summed E-state index contributed by atoms with van der Waals surface area (Å²) in [7, 11) is 0. The molecule has 2 N–H and O–H groups in total. The lowest BCUT2D eigenvalue weighted by Gasteiger charge is -2.24. The molecule has 0 fully saturated rings. The van der Waals surface area contributed by atoms with Gasteiger partial charge in [0.25, 0.3) is 0 Å². The molecule has 2 aromatic rings. The third kappa shape index (κ3) is 3.39. The summed E-state index contributed by atoms with van der Waals surface area (Å²) in [5, 5.41) is 12.0. The Morgan fingerprint density at radius 3 is 2.62 bits per heavy atom. The molecule has 114 valence electrons. The van der Waals surface area contributed by atoms with Gasteiger partial charge in [0.1, 0.15) is 0 Å². The molecular weight excluding hydrogens is 266 g/mol. The van der Waals surface area contributed by atoms with Gasteiger partial charge in [-0.2, -0.15) is 0 Å². The summed E-state index contributed by atoms with van der Waals surface area (Å²) >= 11 is 0. The zero-order valence-corrected chi connectivity index (χ0v) is 13.3. The lowest BCUT2D eigenvalue weighted by molar-refractivity contribution is -0.0246. The van der Waals surface area contributed by atoms with Crippen LogP contribution < -0.4 is 5.73 Å². The highest BCUT2D eigenvalue weighted by Crippen LogP contribution is 2.27. The van der Waals surface area contributed by atoms with Crippen LogP contribution in [0.4, 0.5) is 5.69 Å². The minimum Gasteiger partial charge on any atom is -0.398 e. The van der Waals surface area contributed by atoms with E-state index in [2.05, 4.69) is 21.6 Å². The maximum absolute atomic E-state index is 6.02. The molecule has 0 aliphatic carbocycles. The first-order chi connectivity index (χ1) is 9.84.